The second-order valence-electron chi connectivity index (χ2n) is 7.72. The Kier molecular flexibility index (Phi) is 5.29. The molecular weight excluding hydrogens is 406 g/mol. The largest absolute Gasteiger partial charge is 0.493 e. The van der Waals surface area contributed by atoms with Crippen LogP contribution in [-0.4, -0.2) is 31.6 Å². The molecule has 3 aromatic carbocycles. The Morgan fingerprint density at radius 1 is 1.00 bits per heavy atom. The first-order valence-electron chi connectivity index (χ1n) is 10.4. The number of hydrogen-bond donors (Lipinski definition) is 0. The summed E-state index contributed by atoms with van der Waals surface area (Å²) in [6, 6.07) is 19.3. The van der Waals surface area contributed by atoms with E-state index in [1.54, 1.807) is 32.4 Å². The maximum Gasteiger partial charge on any atom is 0.231 e. The lowest BCUT2D eigenvalue weighted by Crippen LogP contribution is -2.31. The molecule has 6 heteroatoms. The van der Waals surface area contributed by atoms with Gasteiger partial charge in [0.1, 0.15) is 18.2 Å². The van der Waals surface area contributed by atoms with Crippen LogP contribution in [0.1, 0.15) is 27.0 Å². The third-order valence-corrected chi connectivity index (χ3v) is 5.64. The van der Waals surface area contributed by atoms with Gasteiger partial charge in [0.15, 0.2) is 17.3 Å². The van der Waals surface area contributed by atoms with Crippen LogP contribution in [0.3, 0.4) is 0 Å². The maximum absolute atomic E-state index is 13.0. The molecule has 0 unspecified atom stereocenters. The summed E-state index contributed by atoms with van der Waals surface area (Å²) in [7, 11) is 3.16. The minimum absolute atomic E-state index is 0.141. The first kappa shape index (κ1) is 20.2. The number of carbonyl (C=O) groups excluding carboxylic acids is 1. The standard InChI is InChI=1S/C26H23NO5/c1-29-22-10-8-18(12-23(22)30-2)13-24-25(28)19-9-11-21-20(26(19)32-24)15-27(16-31-21)14-17-6-4-3-5-7-17/h3-13H,14-16H2,1-2H3/b24-13-. The predicted molar refractivity (Wildman–Crippen MR) is 120 cm³/mol. The number of fused-ring (bicyclic) bond motifs is 3. The molecule has 0 radical (unpaired) electrons. The van der Waals surface area contributed by atoms with Crippen LogP contribution in [0.25, 0.3) is 6.08 Å². The van der Waals surface area contributed by atoms with Crippen molar-refractivity contribution < 1.29 is 23.7 Å². The topological polar surface area (TPSA) is 57.2 Å². The van der Waals surface area contributed by atoms with Crippen LogP contribution in [-0.2, 0) is 13.1 Å². The molecule has 0 N–H and O–H groups in total. The Hall–Kier alpha value is -3.77. The number of ketones is 1. The van der Waals surface area contributed by atoms with E-state index in [1.807, 2.05) is 36.4 Å². The van der Waals surface area contributed by atoms with E-state index in [4.69, 9.17) is 18.9 Å². The van der Waals surface area contributed by atoms with Gasteiger partial charge in [0, 0.05) is 13.1 Å². The molecule has 2 aliphatic rings. The van der Waals surface area contributed by atoms with E-state index in [9.17, 15) is 4.79 Å². The fraction of sp³-hybridized carbons (Fsp3) is 0.192. The SMILES string of the molecule is COc1ccc(/C=C2\Oc3c(ccc4c3CN(Cc3ccccc3)CO4)C2=O)cc1OC. The van der Waals surface area contributed by atoms with E-state index in [0.29, 0.717) is 36.1 Å². The number of Topliss-reactive ketones (excluding diaryl/α,β-unsaturated/α-hetero) is 1. The molecule has 0 bridgehead atoms. The van der Waals surface area contributed by atoms with Gasteiger partial charge in [0.05, 0.1) is 25.3 Å². The van der Waals surface area contributed by atoms with E-state index >= 15 is 0 Å². The second kappa shape index (κ2) is 8.40. The molecule has 0 fully saturated rings. The van der Waals surface area contributed by atoms with Crippen molar-refractivity contribution >= 4 is 11.9 Å². The fourth-order valence-electron chi connectivity index (χ4n) is 4.04. The second-order valence-corrected chi connectivity index (χ2v) is 7.72. The van der Waals surface area contributed by atoms with Crippen molar-refractivity contribution in [2.24, 2.45) is 0 Å². The first-order chi connectivity index (χ1) is 15.7. The molecule has 0 amide bonds. The average Bonchev–Trinajstić information content (AvgIpc) is 3.15. The van der Waals surface area contributed by atoms with Crippen molar-refractivity contribution in [1.29, 1.82) is 0 Å². The van der Waals surface area contributed by atoms with Gasteiger partial charge in [-0.15, -0.1) is 0 Å². The van der Waals surface area contributed by atoms with E-state index in [2.05, 4.69) is 17.0 Å². The molecule has 0 aliphatic carbocycles. The van der Waals surface area contributed by atoms with Crippen LogP contribution in [0.15, 0.2) is 66.4 Å². The van der Waals surface area contributed by atoms with E-state index < -0.39 is 0 Å². The molecule has 0 saturated heterocycles. The smallest absolute Gasteiger partial charge is 0.231 e. The van der Waals surface area contributed by atoms with Gasteiger partial charge in [-0.3, -0.25) is 9.69 Å². The molecule has 0 spiro atoms. The Morgan fingerprint density at radius 2 is 1.81 bits per heavy atom. The number of carbonyl (C=O) groups is 1. The van der Waals surface area contributed by atoms with Crippen molar-refractivity contribution in [3.05, 3.63) is 88.7 Å². The van der Waals surface area contributed by atoms with Crippen LogP contribution in [0, 0.1) is 0 Å². The van der Waals surface area contributed by atoms with Gasteiger partial charge in [0.2, 0.25) is 5.78 Å². The molecule has 2 heterocycles. The molecule has 2 aliphatic heterocycles. The summed E-state index contributed by atoms with van der Waals surface area (Å²) >= 11 is 0. The van der Waals surface area contributed by atoms with Gasteiger partial charge in [-0.2, -0.15) is 0 Å². The molecule has 3 aromatic rings. The predicted octanol–water partition coefficient (Wildman–Crippen LogP) is 4.67. The zero-order chi connectivity index (χ0) is 22.1. The van der Waals surface area contributed by atoms with Crippen LogP contribution < -0.4 is 18.9 Å². The van der Waals surface area contributed by atoms with Crippen LogP contribution in [0.2, 0.25) is 0 Å². The highest BCUT2D eigenvalue weighted by Crippen LogP contribution is 2.42. The van der Waals surface area contributed by atoms with Crippen molar-refractivity contribution in [3.63, 3.8) is 0 Å². The molecule has 0 saturated carbocycles. The highest BCUT2D eigenvalue weighted by molar-refractivity contribution is 6.15. The summed E-state index contributed by atoms with van der Waals surface area (Å²) in [4.78, 5) is 15.2. The molecule has 0 aromatic heterocycles. The Morgan fingerprint density at radius 3 is 2.59 bits per heavy atom. The average molecular weight is 429 g/mol. The molecule has 32 heavy (non-hydrogen) atoms. The third kappa shape index (κ3) is 3.69. The summed E-state index contributed by atoms with van der Waals surface area (Å²) in [5.74, 6) is 2.69. The Balaban J connectivity index is 1.42. The number of methoxy groups -OCH3 is 2. The van der Waals surface area contributed by atoms with E-state index in [1.165, 1.54) is 5.56 Å². The van der Waals surface area contributed by atoms with Crippen LogP contribution in [0.5, 0.6) is 23.0 Å². The van der Waals surface area contributed by atoms with Gasteiger partial charge < -0.3 is 18.9 Å². The summed E-state index contributed by atoms with van der Waals surface area (Å²) in [5.41, 5.74) is 3.45. The number of hydrogen-bond acceptors (Lipinski definition) is 6. The van der Waals surface area contributed by atoms with Crippen LogP contribution >= 0.6 is 0 Å². The normalized spacial score (nSPS) is 16.2. The third-order valence-electron chi connectivity index (χ3n) is 5.64. The Bertz CT molecular complexity index is 1200. The van der Waals surface area contributed by atoms with Gasteiger partial charge in [-0.1, -0.05) is 36.4 Å². The highest BCUT2D eigenvalue weighted by atomic mass is 16.5. The number of ether oxygens (including phenoxy) is 4. The molecular formula is C26H23NO5. The number of nitrogens with zero attached hydrogens (tertiary/aromatic N) is 1. The number of allylic oxidation sites excluding steroid dienone is 1. The highest BCUT2D eigenvalue weighted by Gasteiger charge is 2.33. The van der Waals surface area contributed by atoms with Crippen molar-refractivity contribution in [2.45, 2.75) is 13.1 Å². The quantitative estimate of drug-likeness (QED) is 0.550. The lowest BCUT2D eigenvalue weighted by atomic mass is 10.0. The monoisotopic (exact) mass is 429 g/mol. The van der Waals surface area contributed by atoms with Crippen molar-refractivity contribution in [1.82, 2.24) is 4.90 Å². The molecule has 6 nitrogen and oxygen atoms in total. The van der Waals surface area contributed by atoms with Crippen molar-refractivity contribution in [2.75, 3.05) is 21.0 Å². The number of benzene rings is 3. The van der Waals surface area contributed by atoms with Gasteiger partial charge in [-0.25, -0.2) is 0 Å². The summed E-state index contributed by atoms with van der Waals surface area (Å²) in [5, 5.41) is 0. The molecule has 162 valence electrons. The van der Waals surface area contributed by atoms with Gasteiger partial charge in [-0.05, 0) is 41.5 Å². The Labute approximate surface area is 186 Å². The van der Waals surface area contributed by atoms with E-state index in [0.717, 1.165) is 23.4 Å². The number of rotatable bonds is 5. The van der Waals surface area contributed by atoms with E-state index in [-0.39, 0.29) is 11.5 Å². The zero-order valence-electron chi connectivity index (χ0n) is 18.0. The minimum atomic E-state index is -0.141. The molecule has 5 rings (SSSR count). The zero-order valence-corrected chi connectivity index (χ0v) is 18.0. The van der Waals surface area contributed by atoms with Gasteiger partial charge >= 0.3 is 0 Å². The fourth-order valence-corrected chi connectivity index (χ4v) is 4.04. The minimum Gasteiger partial charge on any atom is -0.493 e. The lowest BCUT2D eigenvalue weighted by molar-refractivity contribution is 0.0873. The van der Waals surface area contributed by atoms with Gasteiger partial charge in [0.25, 0.3) is 0 Å². The first-order valence-corrected chi connectivity index (χ1v) is 10.4. The maximum atomic E-state index is 13.0. The van der Waals surface area contributed by atoms with Crippen molar-refractivity contribution in [3.8, 4) is 23.0 Å². The summed E-state index contributed by atoms with van der Waals surface area (Å²) < 4.78 is 22.7. The van der Waals surface area contributed by atoms with Crippen LogP contribution in [0.4, 0.5) is 0 Å². The lowest BCUT2D eigenvalue weighted by Gasteiger charge is -2.29. The summed E-state index contributed by atoms with van der Waals surface area (Å²) in [6.45, 7) is 1.89. The summed E-state index contributed by atoms with van der Waals surface area (Å²) in [6.07, 6.45) is 1.72. The molecule has 0 atom stereocenters.